The van der Waals surface area contributed by atoms with Gasteiger partial charge in [-0.1, -0.05) is 0 Å². The molecular formula is C5H8N4O2. The average molecular weight is 156 g/mol. The van der Waals surface area contributed by atoms with E-state index < -0.39 is 5.97 Å². The van der Waals surface area contributed by atoms with E-state index in [2.05, 4.69) is 21.1 Å². The number of hydrazone groups is 2. The summed E-state index contributed by atoms with van der Waals surface area (Å²) < 4.78 is 0. The number of carbonyl (C=O) groups is 1. The van der Waals surface area contributed by atoms with E-state index in [4.69, 9.17) is 5.11 Å². The van der Waals surface area contributed by atoms with Gasteiger partial charge in [0.15, 0.2) is 0 Å². The Bertz CT molecular complexity index is 211. The molecule has 0 saturated heterocycles. The van der Waals surface area contributed by atoms with Gasteiger partial charge in [-0.2, -0.15) is 10.2 Å². The zero-order chi connectivity index (χ0) is 8.10. The van der Waals surface area contributed by atoms with Crippen LogP contribution in [0.5, 0.6) is 0 Å². The molecule has 0 radical (unpaired) electrons. The predicted molar refractivity (Wildman–Crippen MR) is 39.1 cm³/mol. The van der Waals surface area contributed by atoms with Crippen LogP contribution in [0.2, 0.25) is 0 Å². The van der Waals surface area contributed by atoms with Gasteiger partial charge in [0.05, 0.1) is 6.42 Å². The van der Waals surface area contributed by atoms with E-state index in [1.54, 1.807) is 0 Å². The fraction of sp³-hybridized carbons (Fsp3) is 0.400. The fourth-order valence-corrected chi connectivity index (χ4v) is 0.605. The second-order valence-electron chi connectivity index (χ2n) is 1.95. The number of hydrogen-bond acceptors (Lipinski definition) is 5. The number of nitrogens with one attached hydrogen (secondary N) is 2. The van der Waals surface area contributed by atoms with Crippen LogP contribution in [0.4, 0.5) is 0 Å². The Hall–Kier alpha value is -1.59. The van der Waals surface area contributed by atoms with E-state index in [1.807, 2.05) is 0 Å². The first-order valence-corrected chi connectivity index (χ1v) is 3.10. The molecule has 0 bridgehead atoms. The van der Waals surface area contributed by atoms with Crippen molar-refractivity contribution < 1.29 is 9.90 Å². The highest BCUT2D eigenvalue weighted by molar-refractivity contribution is 5.87. The topological polar surface area (TPSA) is 86.1 Å². The molecule has 1 rings (SSSR count). The number of amidine groups is 1. The first-order chi connectivity index (χ1) is 5.29. The van der Waals surface area contributed by atoms with Gasteiger partial charge in [-0.15, -0.1) is 0 Å². The minimum absolute atomic E-state index is 0.0586. The SMILES string of the molecule is O=C(O)CCC1=NNC=NN1. The first-order valence-electron chi connectivity index (χ1n) is 3.10. The standard InChI is InChI=1S/C5H8N4O2/c10-5(11)2-1-4-8-6-3-7-9-4/h3H,1-2H2,(H,6,7)(H,8,9)(H,10,11). The van der Waals surface area contributed by atoms with E-state index in [-0.39, 0.29) is 6.42 Å². The van der Waals surface area contributed by atoms with Crippen molar-refractivity contribution in [2.45, 2.75) is 12.8 Å². The minimum atomic E-state index is -0.843. The molecule has 0 amide bonds. The van der Waals surface area contributed by atoms with Gasteiger partial charge < -0.3 is 5.11 Å². The van der Waals surface area contributed by atoms with Gasteiger partial charge in [-0.05, 0) is 0 Å². The normalized spacial score (nSPS) is 14.7. The molecule has 6 heteroatoms. The van der Waals surface area contributed by atoms with Crippen molar-refractivity contribution in [3.05, 3.63) is 0 Å². The zero-order valence-electron chi connectivity index (χ0n) is 5.74. The molecule has 0 fully saturated rings. The van der Waals surface area contributed by atoms with E-state index in [9.17, 15) is 4.79 Å². The molecule has 1 aliphatic rings. The molecule has 1 aliphatic heterocycles. The maximum absolute atomic E-state index is 10.1. The van der Waals surface area contributed by atoms with E-state index in [1.165, 1.54) is 6.34 Å². The molecular weight excluding hydrogens is 148 g/mol. The Balaban J connectivity index is 2.26. The third kappa shape index (κ3) is 2.65. The van der Waals surface area contributed by atoms with Gasteiger partial charge in [0.2, 0.25) is 0 Å². The Kier molecular flexibility index (Phi) is 2.42. The smallest absolute Gasteiger partial charge is 0.303 e. The van der Waals surface area contributed by atoms with Crippen molar-refractivity contribution in [1.82, 2.24) is 10.9 Å². The summed E-state index contributed by atoms with van der Waals surface area (Å²) in [6, 6.07) is 0. The van der Waals surface area contributed by atoms with Crippen molar-refractivity contribution in [2.75, 3.05) is 0 Å². The number of aliphatic carboxylic acids is 1. The number of hydrogen-bond donors (Lipinski definition) is 3. The Labute approximate surface area is 63.0 Å². The Morgan fingerprint density at radius 1 is 1.73 bits per heavy atom. The van der Waals surface area contributed by atoms with Crippen molar-refractivity contribution in [3.8, 4) is 0 Å². The molecule has 0 unspecified atom stereocenters. The lowest BCUT2D eigenvalue weighted by Crippen LogP contribution is -2.27. The largest absolute Gasteiger partial charge is 0.481 e. The highest BCUT2D eigenvalue weighted by atomic mass is 16.4. The summed E-state index contributed by atoms with van der Waals surface area (Å²) in [6.45, 7) is 0. The van der Waals surface area contributed by atoms with Crippen molar-refractivity contribution >= 4 is 18.1 Å². The molecule has 11 heavy (non-hydrogen) atoms. The Morgan fingerprint density at radius 3 is 3.09 bits per heavy atom. The summed E-state index contributed by atoms with van der Waals surface area (Å²) in [4.78, 5) is 10.1. The second-order valence-corrected chi connectivity index (χ2v) is 1.95. The van der Waals surface area contributed by atoms with Crippen LogP contribution in [0.25, 0.3) is 0 Å². The monoisotopic (exact) mass is 156 g/mol. The molecule has 1 heterocycles. The lowest BCUT2D eigenvalue weighted by molar-refractivity contribution is -0.136. The van der Waals surface area contributed by atoms with Gasteiger partial charge in [0.1, 0.15) is 12.2 Å². The van der Waals surface area contributed by atoms with Gasteiger partial charge >= 0.3 is 5.97 Å². The number of carboxylic acid groups (broad SMARTS) is 1. The number of carboxylic acids is 1. The van der Waals surface area contributed by atoms with Crippen molar-refractivity contribution in [2.24, 2.45) is 10.2 Å². The molecule has 0 aliphatic carbocycles. The molecule has 0 aromatic rings. The summed E-state index contributed by atoms with van der Waals surface area (Å²) >= 11 is 0. The maximum Gasteiger partial charge on any atom is 0.303 e. The van der Waals surface area contributed by atoms with Crippen LogP contribution in [0.3, 0.4) is 0 Å². The summed E-state index contributed by atoms with van der Waals surface area (Å²) in [7, 11) is 0. The zero-order valence-corrected chi connectivity index (χ0v) is 5.74. The van der Waals surface area contributed by atoms with Crippen LogP contribution in [0.15, 0.2) is 10.2 Å². The average Bonchev–Trinajstić information content (AvgIpc) is 2.03. The van der Waals surface area contributed by atoms with Crippen LogP contribution >= 0.6 is 0 Å². The summed E-state index contributed by atoms with van der Waals surface area (Å²) in [6.07, 6.45) is 1.80. The predicted octanol–water partition coefficient (Wildman–Crippen LogP) is -0.699. The number of nitrogens with zero attached hydrogens (tertiary/aromatic N) is 2. The lowest BCUT2D eigenvalue weighted by atomic mass is 10.3. The Morgan fingerprint density at radius 2 is 2.55 bits per heavy atom. The lowest BCUT2D eigenvalue weighted by Gasteiger charge is -2.06. The molecule has 0 spiro atoms. The highest BCUT2D eigenvalue weighted by Crippen LogP contribution is 1.91. The maximum atomic E-state index is 10.1. The minimum Gasteiger partial charge on any atom is -0.481 e. The highest BCUT2D eigenvalue weighted by Gasteiger charge is 2.03. The summed E-state index contributed by atoms with van der Waals surface area (Å²) in [5.41, 5.74) is 5.07. The fourth-order valence-electron chi connectivity index (χ4n) is 0.605. The number of rotatable bonds is 3. The van der Waals surface area contributed by atoms with Crippen molar-refractivity contribution in [1.29, 1.82) is 0 Å². The van der Waals surface area contributed by atoms with Gasteiger partial charge in [-0.3, -0.25) is 15.6 Å². The van der Waals surface area contributed by atoms with E-state index in [0.29, 0.717) is 12.3 Å². The van der Waals surface area contributed by atoms with Gasteiger partial charge in [0, 0.05) is 6.42 Å². The van der Waals surface area contributed by atoms with Crippen LogP contribution in [0, 0.1) is 0 Å². The third-order valence-corrected chi connectivity index (χ3v) is 1.09. The van der Waals surface area contributed by atoms with Crippen LogP contribution in [-0.2, 0) is 4.79 Å². The van der Waals surface area contributed by atoms with E-state index in [0.717, 1.165) is 0 Å². The quantitative estimate of drug-likeness (QED) is 0.504. The molecule has 3 N–H and O–H groups in total. The molecule has 0 saturated carbocycles. The van der Waals surface area contributed by atoms with Crippen LogP contribution in [0.1, 0.15) is 12.8 Å². The molecule has 0 aromatic heterocycles. The van der Waals surface area contributed by atoms with Crippen LogP contribution < -0.4 is 10.9 Å². The van der Waals surface area contributed by atoms with Crippen molar-refractivity contribution in [3.63, 3.8) is 0 Å². The molecule has 0 atom stereocenters. The van der Waals surface area contributed by atoms with Gasteiger partial charge in [-0.25, -0.2) is 0 Å². The van der Waals surface area contributed by atoms with E-state index >= 15 is 0 Å². The molecule has 6 nitrogen and oxygen atoms in total. The first kappa shape index (κ1) is 7.52. The third-order valence-electron chi connectivity index (χ3n) is 1.09. The summed E-state index contributed by atoms with van der Waals surface area (Å²) in [5, 5.41) is 15.7. The molecule has 60 valence electrons. The summed E-state index contributed by atoms with van der Waals surface area (Å²) in [5.74, 6) is -0.307. The van der Waals surface area contributed by atoms with Gasteiger partial charge in [0.25, 0.3) is 0 Å². The molecule has 0 aromatic carbocycles. The van der Waals surface area contributed by atoms with Crippen LogP contribution in [-0.4, -0.2) is 23.2 Å². The second kappa shape index (κ2) is 3.55.